The number of hydrogen-bond acceptors (Lipinski definition) is 8. The first-order chi connectivity index (χ1) is 13.9. The Balaban J connectivity index is 1.64. The third kappa shape index (κ3) is 5.06. The molecule has 0 N–H and O–H groups in total. The minimum Gasteiger partial charge on any atom is -0.489 e. The third-order valence-electron chi connectivity index (χ3n) is 4.01. The number of amides is 2. The Kier molecular flexibility index (Phi) is 6.03. The molecule has 1 saturated heterocycles. The lowest BCUT2D eigenvalue weighted by Crippen LogP contribution is -2.32. The summed E-state index contributed by atoms with van der Waals surface area (Å²) in [5.41, 5.74) is 0.696. The fraction of sp³-hybridized carbons (Fsp3) is 0.211. The number of rotatable bonds is 7. The van der Waals surface area contributed by atoms with E-state index in [0.717, 1.165) is 5.56 Å². The number of nitro groups is 1. The molecule has 10 heteroatoms. The van der Waals surface area contributed by atoms with Gasteiger partial charge in [0.2, 0.25) is 0 Å². The third-order valence-corrected chi connectivity index (χ3v) is 4.01. The molecule has 2 aromatic carbocycles. The molecule has 2 aromatic rings. The highest BCUT2D eigenvalue weighted by molar-refractivity contribution is 6.01. The Hall–Kier alpha value is -3.95. The zero-order valence-electron chi connectivity index (χ0n) is 15.1. The van der Waals surface area contributed by atoms with Crippen LogP contribution in [0.15, 0.2) is 48.5 Å². The monoisotopic (exact) mass is 400 g/mol. The van der Waals surface area contributed by atoms with Crippen LogP contribution in [0, 0.1) is 10.1 Å². The van der Waals surface area contributed by atoms with E-state index >= 15 is 0 Å². The summed E-state index contributed by atoms with van der Waals surface area (Å²) >= 11 is 0. The Morgan fingerprint density at radius 1 is 1.03 bits per heavy atom. The van der Waals surface area contributed by atoms with Crippen LogP contribution in [0.25, 0.3) is 0 Å². The van der Waals surface area contributed by atoms with Crippen molar-refractivity contribution in [1.29, 1.82) is 0 Å². The average Bonchev–Trinajstić information content (AvgIpc) is 3.03. The zero-order valence-corrected chi connectivity index (χ0v) is 15.1. The molecule has 2 amide bonds. The van der Waals surface area contributed by atoms with Crippen molar-refractivity contribution in [3.05, 3.63) is 69.8 Å². The van der Waals surface area contributed by atoms with Crippen molar-refractivity contribution in [2.45, 2.75) is 26.1 Å². The van der Waals surface area contributed by atoms with Crippen LogP contribution in [0.1, 0.15) is 24.0 Å². The van der Waals surface area contributed by atoms with Crippen LogP contribution < -0.4 is 4.74 Å². The zero-order chi connectivity index (χ0) is 20.8. The van der Waals surface area contributed by atoms with Crippen LogP contribution in [-0.2, 0) is 32.4 Å². The van der Waals surface area contributed by atoms with E-state index in [9.17, 15) is 24.5 Å². The van der Waals surface area contributed by atoms with Crippen LogP contribution in [0.2, 0.25) is 0 Å². The second-order valence-electron chi connectivity index (χ2n) is 6.03. The molecule has 0 aromatic heterocycles. The number of nitro benzene ring substituents is 1. The van der Waals surface area contributed by atoms with Gasteiger partial charge in [-0.1, -0.05) is 35.4 Å². The standard InChI is InChI=1S/C19H16N2O8/c22-17-8-9-18(23)20(17)29-19(24)28-12-14-10-15(6-7-16(14)21(25)26)27-11-13-4-2-1-3-5-13/h1-7,10H,8-9,11-12H2. The number of hydrogen-bond donors (Lipinski definition) is 0. The van der Waals surface area contributed by atoms with Gasteiger partial charge in [0.15, 0.2) is 0 Å². The molecular weight excluding hydrogens is 384 g/mol. The van der Waals surface area contributed by atoms with Gasteiger partial charge in [-0.05, 0) is 17.7 Å². The lowest BCUT2D eigenvalue weighted by Gasteiger charge is -2.13. The molecule has 1 fully saturated rings. The molecule has 1 aliphatic heterocycles. The predicted octanol–water partition coefficient (Wildman–Crippen LogP) is 2.89. The summed E-state index contributed by atoms with van der Waals surface area (Å²) in [5.74, 6) is -0.972. The molecule has 3 rings (SSSR count). The largest absolute Gasteiger partial charge is 0.534 e. The minimum absolute atomic E-state index is 0.0572. The first kappa shape index (κ1) is 19.8. The molecule has 0 saturated carbocycles. The molecule has 1 aliphatic rings. The normalized spacial score (nSPS) is 13.3. The predicted molar refractivity (Wildman–Crippen MR) is 96.2 cm³/mol. The van der Waals surface area contributed by atoms with Crippen molar-refractivity contribution in [3.8, 4) is 5.75 Å². The van der Waals surface area contributed by atoms with Gasteiger partial charge in [0.1, 0.15) is 19.0 Å². The van der Waals surface area contributed by atoms with Crippen molar-refractivity contribution >= 4 is 23.7 Å². The quantitative estimate of drug-likeness (QED) is 0.301. The van der Waals surface area contributed by atoms with Crippen LogP contribution in [-0.4, -0.2) is 28.0 Å². The lowest BCUT2D eigenvalue weighted by atomic mass is 10.2. The molecule has 0 unspecified atom stereocenters. The maximum atomic E-state index is 11.7. The first-order valence-electron chi connectivity index (χ1n) is 8.58. The number of hydroxylamine groups is 2. The molecule has 0 bridgehead atoms. The Morgan fingerprint density at radius 3 is 2.38 bits per heavy atom. The molecule has 29 heavy (non-hydrogen) atoms. The summed E-state index contributed by atoms with van der Waals surface area (Å²) < 4.78 is 10.4. The van der Waals surface area contributed by atoms with Gasteiger partial charge in [-0.3, -0.25) is 24.5 Å². The molecule has 0 spiro atoms. The maximum absolute atomic E-state index is 11.7. The van der Waals surface area contributed by atoms with E-state index in [-0.39, 0.29) is 30.7 Å². The summed E-state index contributed by atoms with van der Waals surface area (Å²) in [6, 6.07) is 13.4. The van der Waals surface area contributed by atoms with E-state index in [1.807, 2.05) is 30.3 Å². The van der Waals surface area contributed by atoms with Crippen molar-refractivity contribution in [3.63, 3.8) is 0 Å². The molecular formula is C19H16N2O8. The van der Waals surface area contributed by atoms with E-state index < -0.39 is 29.5 Å². The maximum Gasteiger partial charge on any atom is 0.534 e. The van der Waals surface area contributed by atoms with E-state index in [4.69, 9.17) is 9.47 Å². The van der Waals surface area contributed by atoms with Crippen LogP contribution in [0.5, 0.6) is 5.75 Å². The van der Waals surface area contributed by atoms with E-state index in [0.29, 0.717) is 10.8 Å². The molecule has 0 atom stereocenters. The number of benzene rings is 2. The number of nitrogens with zero attached hydrogens (tertiary/aromatic N) is 2. The highest BCUT2D eigenvalue weighted by Crippen LogP contribution is 2.26. The van der Waals surface area contributed by atoms with E-state index in [1.165, 1.54) is 18.2 Å². The summed E-state index contributed by atoms with van der Waals surface area (Å²) in [5, 5.41) is 11.5. The van der Waals surface area contributed by atoms with Crippen LogP contribution >= 0.6 is 0 Å². The Labute approximate surface area is 164 Å². The lowest BCUT2D eigenvalue weighted by molar-refractivity contribution is -0.385. The van der Waals surface area contributed by atoms with Crippen LogP contribution in [0.4, 0.5) is 10.5 Å². The summed E-state index contributed by atoms with van der Waals surface area (Å²) in [6.45, 7) is -0.256. The molecule has 0 radical (unpaired) electrons. The average molecular weight is 400 g/mol. The number of imide groups is 1. The van der Waals surface area contributed by atoms with Gasteiger partial charge < -0.3 is 9.47 Å². The SMILES string of the molecule is O=C(OCc1cc(OCc2ccccc2)ccc1[N+](=O)[O-])ON1C(=O)CCC1=O. The molecule has 0 aliphatic carbocycles. The van der Waals surface area contributed by atoms with Gasteiger partial charge in [-0.15, -0.1) is 0 Å². The van der Waals surface area contributed by atoms with Gasteiger partial charge in [0, 0.05) is 18.9 Å². The van der Waals surface area contributed by atoms with Crippen molar-refractivity contribution in [2.75, 3.05) is 0 Å². The molecule has 150 valence electrons. The van der Waals surface area contributed by atoms with Gasteiger partial charge >= 0.3 is 6.16 Å². The molecule has 10 nitrogen and oxygen atoms in total. The van der Waals surface area contributed by atoms with Crippen LogP contribution in [0.3, 0.4) is 0 Å². The van der Waals surface area contributed by atoms with E-state index in [2.05, 4.69) is 4.84 Å². The Bertz CT molecular complexity index is 928. The van der Waals surface area contributed by atoms with Gasteiger partial charge in [0.05, 0.1) is 10.5 Å². The Morgan fingerprint density at radius 2 is 1.72 bits per heavy atom. The second kappa shape index (κ2) is 8.83. The molecule has 1 heterocycles. The highest BCUT2D eigenvalue weighted by Gasteiger charge is 2.33. The summed E-state index contributed by atoms with van der Waals surface area (Å²) in [7, 11) is 0. The van der Waals surface area contributed by atoms with Gasteiger partial charge in [-0.25, -0.2) is 4.79 Å². The van der Waals surface area contributed by atoms with Crippen molar-refractivity contribution in [2.24, 2.45) is 0 Å². The minimum atomic E-state index is -1.32. The second-order valence-corrected chi connectivity index (χ2v) is 6.03. The summed E-state index contributed by atoms with van der Waals surface area (Å²) in [4.78, 5) is 49.8. The fourth-order valence-electron chi connectivity index (χ4n) is 2.58. The van der Waals surface area contributed by atoms with Crippen molar-refractivity contribution in [1.82, 2.24) is 5.06 Å². The van der Waals surface area contributed by atoms with Gasteiger partial charge in [-0.2, -0.15) is 0 Å². The first-order valence-corrected chi connectivity index (χ1v) is 8.58. The fourth-order valence-corrected chi connectivity index (χ4v) is 2.58. The smallest absolute Gasteiger partial charge is 0.489 e. The number of ether oxygens (including phenoxy) is 2. The number of carbonyl (C=O) groups is 3. The number of carbonyl (C=O) groups excluding carboxylic acids is 3. The van der Waals surface area contributed by atoms with Crippen molar-refractivity contribution < 1.29 is 33.6 Å². The van der Waals surface area contributed by atoms with E-state index in [1.54, 1.807) is 0 Å². The highest BCUT2D eigenvalue weighted by atomic mass is 16.8. The van der Waals surface area contributed by atoms with Gasteiger partial charge in [0.25, 0.3) is 17.5 Å². The summed E-state index contributed by atoms with van der Waals surface area (Å²) in [6.07, 6.45) is -1.44. The topological polar surface area (TPSA) is 125 Å².